The second-order valence-electron chi connectivity index (χ2n) is 2.48. The maximum absolute atomic E-state index is 10.6. The maximum Gasteiger partial charge on any atom is 0.298 e. The van der Waals surface area contributed by atoms with Crippen molar-refractivity contribution in [3.63, 3.8) is 0 Å². The lowest BCUT2D eigenvalue weighted by molar-refractivity contribution is 0.360. The maximum atomic E-state index is 10.6. The molecular formula is C6H7NO6S. The Hall–Kier alpha value is -1.67. The Morgan fingerprint density at radius 2 is 1.57 bits per heavy atom. The van der Waals surface area contributed by atoms with Gasteiger partial charge in [-0.25, -0.2) is 0 Å². The Balaban J connectivity index is 3.66. The molecule has 0 fully saturated rings. The van der Waals surface area contributed by atoms with Crippen LogP contribution in [0.3, 0.4) is 0 Å². The van der Waals surface area contributed by atoms with E-state index >= 15 is 0 Å². The Bertz CT molecular complexity index is 480. The van der Waals surface area contributed by atoms with Crippen LogP contribution in [-0.4, -0.2) is 28.3 Å². The molecule has 0 aliphatic rings. The number of aromatic hydroxyl groups is 3. The van der Waals surface area contributed by atoms with Gasteiger partial charge in [0.25, 0.3) is 10.1 Å². The van der Waals surface area contributed by atoms with Crippen molar-refractivity contribution < 1.29 is 28.3 Å². The topological polar surface area (TPSA) is 141 Å². The summed E-state index contributed by atoms with van der Waals surface area (Å²) in [5, 5.41) is 27.0. The van der Waals surface area contributed by atoms with Gasteiger partial charge < -0.3 is 21.1 Å². The van der Waals surface area contributed by atoms with E-state index in [1.807, 2.05) is 0 Å². The van der Waals surface area contributed by atoms with Gasteiger partial charge in [0.05, 0.1) is 5.69 Å². The minimum atomic E-state index is -4.70. The normalized spacial score (nSPS) is 11.5. The molecule has 8 heteroatoms. The number of rotatable bonds is 1. The average Bonchev–Trinajstić information content (AvgIpc) is 2.06. The van der Waals surface area contributed by atoms with Gasteiger partial charge in [0, 0.05) is 0 Å². The molecule has 1 rings (SSSR count). The Morgan fingerprint density at radius 3 is 2.00 bits per heavy atom. The van der Waals surface area contributed by atoms with Crippen LogP contribution in [0, 0.1) is 0 Å². The summed E-state index contributed by atoms with van der Waals surface area (Å²) in [6, 6.07) is 0.625. The number of phenols is 3. The van der Waals surface area contributed by atoms with Gasteiger partial charge in [0.15, 0.2) is 11.5 Å². The van der Waals surface area contributed by atoms with Crippen LogP contribution in [-0.2, 0) is 10.1 Å². The minimum Gasteiger partial charge on any atom is -0.503 e. The highest BCUT2D eigenvalue weighted by molar-refractivity contribution is 7.86. The van der Waals surface area contributed by atoms with Crippen LogP contribution in [0.4, 0.5) is 5.69 Å². The van der Waals surface area contributed by atoms with Crippen LogP contribution >= 0.6 is 0 Å². The summed E-state index contributed by atoms with van der Waals surface area (Å²) in [5.41, 5.74) is 4.61. The highest BCUT2D eigenvalue weighted by Gasteiger charge is 2.22. The zero-order chi connectivity index (χ0) is 11.1. The molecule has 0 amide bonds. The fourth-order valence-electron chi connectivity index (χ4n) is 0.840. The number of phenolic OH excluding ortho intramolecular Hbond substituents is 3. The summed E-state index contributed by atoms with van der Waals surface area (Å²) < 4.78 is 29.8. The predicted octanol–water partition coefficient (Wildman–Crippen LogP) is -0.368. The predicted molar refractivity (Wildman–Crippen MR) is 45.7 cm³/mol. The first-order valence-corrected chi connectivity index (χ1v) is 4.70. The van der Waals surface area contributed by atoms with Crippen molar-refractivity contribution >= 4 is 15.8 Å². The van der Waals surface area contributed by atoms with Gasteiger partial charge in [0.2, 0.25) is 5.75 Å². The molecular weight excluding hydrogens is 214 g/mol. The molecule has 14 heavy (non-hydrogen) atoms. The van der Waals surface area contributed by atoms with E-state index in [9.17, 15) is 8.42 Å². The zero-order valence-corrected chi connectivity index (χ0v) is 7.48. The highest BCUT2D eigenvalue weighted by atomic mass is 32.2. The molecule has 0 radical (unpaired) electrons. The average molecular weight is 221 g/mol. The third kappa shape index (κ3) is 1.52. The van der Waals surface area contributed by atoms with Gasteiger partial charge in [-0.2, -0.15) is 8.42 Å². The SMILES string of the molecule is Nc1cc(S(=O)(=O)O)c(O)c(O)c1O. The lowest BCUT2D eigenvalue weighted by atomic mass is 10.2. The molecule has 6 N–H and O–H groups in total. The molecule has 0 unspecified atom stereocenters. The molecule has 7 nitrogen and oxygen atoms in total. The monoisotopic (exact) mass is 221 g/mol. The first-order chi connectivity index (χ1) is 6.25. The number of hydrogen-bond acceptors (Lipinski definition) is 6. The van der Waals surface area contributed by atoms with E-state index in [0.29, 0.717) is 6.07 Å². The van der Waals surface area contributed by atoms with Crippen LogP contribution in [0.5, 0.6) is 17.2 Å². The first-order valence-electron chi connectivity index (χ1n) is 3.26. The molecule has 0 aliphatic carbocycles. The van der Waals surface area contributed by atoms with Crippen LogP contribution in [0.15, 0.2) is 11.0 Å². The Morgan fingerprint density at radius 1 is 1.07 bits per heavy atom. The number of nitrogens with two attached hydrogens (primary N) is 1. The summed E-state index contributed by atoms with van der Waals surface area (Å²) in [4.78, 5) is -0.967. The van der Waals surface area contributed by atoms with Crippen molar-refractivity contribution in [3.05, 3.63) is 6.07 Å². The standard InChI is InChI=1S/C6H7NO6S/c7-2-1-3(14(11,12)13)5(9)6(10)4(2)8/h1,8-10H,7H2,(H,11,12,13). The van der Waals surface area contributed by atoms with Crippen molar-refractivity contribution in [2.45, 2.75) is 4.90 Å². The summed E-state index contributed by atoms with van der Waals surface area (Å²) in [6.07, 6.45) is 0. The van der Waals surface area contributed by atoms with Crippen LogP contribution in [0.2, 0.25) is 0 Å². The fourth-order valence-corrected chi connectivity index (χ4v) is 1.46. The molecule has 0 atom stereocenters. The van der Waals surface area contributed by atoms with Crippen molar-refractivity contribution in [2.75, 3.05) is 5.73 Å². The molecule has 0 aliphatic heterocycles. The van der Waals surface area contributed by atoms with E-state index in [-0.39, 0.29) is 0 Å². The molecule has 0 aromatic heterocycles. The molecule has 1 aromatic carbocycles. The smallest absolute Gasteiger partial charge is 0.298 e. The van der Waals surface area contributed by atoms with E-state index < -0.39 is 37.9 Å². The van der Waals surface area contributed by atoms with Gasteiger partial charge in [-0.1, -0.05) is 0 Å². The highest BCUT2D eigenvalue weighted by Crippen LogP contribution is 2.43. The summed E-state index contributed by atoms with van der Waals surface area (Å²) in [5.74, 6) is -3.10. The number of hydrogen-bond donors (Lipinski definition) is 5. The molecule has 0 bridgehead atoms. The van der Waals surface area contributed by atoms with E-state index in [0.717, 1.165) is 0 Å². The van der Waals surface area contributed by atoms with Gasteiger partial charge in [-0.05, 0) is 6.07 Å². The van der Waals surface area contributed by atoms with Gasteiger partial charge in [-0.15, -0.1) is 0 Å². The number of anilines is 1. The van der Waals surface area contributed by atoms with Gasteiger partial charge in [0.1, 0.15) is 4.90 Å². The fraction of sp³-hybridized carbons (Fsp3) is 0. The third-order valence-electron chi connectivity index (χ3n) is 1.52. The van der Waals surface area contributed by atoms with Crippen LogP contribution < -0.4 is 5.73 Å². The number of benzene rings is 1. The van der Waals surface area contributed by atoms with Crippen molar-refractivity contribution in [1.29, 1.82) is 0 Å². The molecule has 0 spiro atoms. The van der Waals surface area contributed by atoms with Crippen LogP contribution in [0.25, 0.3) is 0 Å². The van der Waals surface area contributed by atoms with Crippen molar-refractivity contribution in [1.82, 2.24) is 0 Å². The first kappa shape index (κ1) is 10.4. The van der Waals surface area contributed by atoms with Gasteiger partial charge in [-0.3, -0.25) is 4.55 Å². The summed E-state index contributed by atoms with van der Waals surface area (Å²) in [6.45, 7) is 0. The second kappa shape index (κ2) is 2.93. The Labute approximate surface area is 78.8 Å². The zero-order valence-electron chi connectivity index (χ0n) is 6.67. The lowest BCUT2D eigenvalue weighted by Crippen LogP contribution is -2.00. The molecule has 78 valence electrons. The summed E-state index contributed by atoms with van der Waals surface area (Å²) >= 11 is 0. The Kier molecular flexibility index (Phi) is 2.18. The lowest BCUT2D eigenvalue weighted by Gasteiger charge is -2.07. The van der Waals surface area contributed by atoms with E-state index in [2.05, 4.69) is 0 Å². The van der Waals surface area contributed by atoms with E-state index in [4.69, 9.17) is 25.6 Å². The quantitative estimate of drug-likeness (QED) is 0.188. The molecule has 0 heterocycles. The largest absolute Gasteiger partial charge is 0.503 e. The molecule has 0 saturated heterocycles. The second-order valence-corrected chi connectivity index (χ2v) is 3.87. The minimum absolute atomic E-state index is 0.479. The van der Waals surface area contributed by atoms with E-state index in [1.54, 1.807) is 0 Å². The van der Waals surface area contributed by atoms with Gasteiger partial charge >= 0.3 is 0 Å². The van der Waals surface area contributed by atoms with E-state index in [1.165, 1.54) is 0 Å². The summed E-state index contributed by atoms with van der Waals surface area (Å²) in [7, 11) is -4.70. The third-order valence-corrected chi connectivity index (χ3v) is 2.39. The van der Waals surface area contributed by atoms with Crippen LogP contribution in [0.1, 0.15) is 0 Å². The van der Waals surface area contributed by atoms with Crippen molar-refractivity contribution in [3.8, 4) is 17.2 Å². The van der Waals surface area contributed by atoms with Crippen molar-refractivity contribution in [2.24, 2.45) is 0 Å². The molecule has 1 aromatic rings. The number of nitrogen functional groups attached to an aromatic ring is 1. The molecule has 0 saturated carbocycles.